The molecule has 3 rings (SSSR count). The van der Waals surface area contributed by atoms with E-state index in [2.05, 4.69) is 36.4 Å². The molecule has 1 atom stereocenters. The molecule has 4 nitrogen and oxygen atoms in total. The molecule has 0 aliphatic carbocycles. The van der Waals surface area contributed by atoms with E-state index < -0.39 is 22.6 Å². The zero-order valence-corrected chi connectivity index (χ0v) is 18.7. The van der Waals surface area contributed by atoms with E-state index in [4.69, 9.17) is 5.11 Å². The molecular weight excluding hydrogens is 420 g/mol. The van der Waals surface area contributed by atoms with Gasteiger partial charge in [-0.15, -0.1) is 11.8 Å². The van der Waals surface area contributed by atoms with Crippen LogP contribution in [0.3, 0.4) is 0 Å². The quantitative estimate of drug-likeness (QED) is 0.260. The standard InChI is InChI=1S/C27H28O4S/c28-25(29)19-18-21(26(30)31)11-10-20-32-27(22-12-4-1-5-13-22,23-14-6-2-7-15-23)24-16-8-3-9-17-24/h1-9,12-17,21H,10-11,18-20H2,(H,28,29)(H,30,31). The number of hydrogen-bond donors (Lipinski definition) is 2. The van der Waals surface area contributed by atoms with Crippen molar-refractivity contribution >= 4 is 23.7 Å². The lowest BCUT2D eigenvalue weighted by molar-refractivity contribution is -0.143. The Morgan fingerprint density at radius 1 is 0.719 bits per heavy atom. The molecule has 3 aromatic rings. The summed E-state index contributed by atoms with van der Waals surface area (Å²) in [7, 11) is 0. The van der Waals surface area contributed by atoms with Crippen LogP contribution in [-0.4, -0.2) is 27.9 Å². The summed E-state index contributed by atoms with van der Waals surface area (Å²) in [6.07, 6.45) is 1.20. The molecule has 0 aromatic heterocycles. The van der Waals surface area contributed by atoms with Crippen molar-refractivity contribution in [2.75, 3.05) is 5.75 Å². The number of carboxylic acids is 2. The third-order valence-electron chi connectivity index (χ3n) is 5.61. The van der Waals surface area contributed by atoms with E-state index >= 15 is 0 Å². The van der Waals surface area contributed by atoms with E-state index in [1.54, 1.807) is 11.8 Å². The number of carboxylic acid groups (broad SMARTS) is 2. The van der Waals surface area contributed by atoms with Crippen molar-refractivity contribution in [3.63, 3.8) is 0 Å². The van der Waals surface area contributed by atoms with Crippen LogP contribution in [0.4, 0.5) is 0 Å². The van der Waals surface area contributed by atoms with E-state index in [-0.39, 0.29) is 12.8 Å². The molecule has 5 heteroatoms. The van der Waals surface area contributed by atoms with Crippen LogP contribution in [0.2, 0.25) is 0 Å². The molecule has 0 radical (unpaired) electrons. The fraction of sp³-hybridized carbons (Fsp3) is 0.259. The summed E-state index contributed by atoms with van der Waals surface area (Å²) in [5, 5.41) is 18.4. The monoisotopic (exact) mass is 448 g/mol. The zero-order valence-electron chi connectivity index (χ0n) is 17.9. The molecule has 0 fully saturated rings. The fourth-order valence-corrected chi connectivity index (χ4v) is 5.54. The topological polar surface area (TPSA) is 74.6 Å². The van der Waals surface area contributed by atoms with Gasteiger partial charge in [0.1, 0.15) is 0 Å². The lowest BCUT2D eigenvalue weighted by Gasteiger charge is -2.35. The first kappa shape index (κ1) is 23.6. The van der Waals surface area contributed by atoms with E-state index in [1.165, 1.54) is 16.7 Å². The molecule has 0 amide bonds. The first-order valence-electron chi connectivity index (χ1n) is 10.8. The van der Waals surface area contributed by atoms with Gasteiger partial charge in [-0.25, -0.2) is 0 Å². The van der Waals surface area contributed by atoms with Crippen LogP contribution in [0.25, 0.3) is 0 Å². The molecule has 32 heavy (non-hydrogen) atoms. The summed E-state index contributed by atoms with van der Waals surface area (Å²) in [5.41, 5.74) is 3.51. The maximum Gasteiger partial charge on any atom is 0.306 e. The van der Waals surface area contributed by atoms with Crippen molar-refractivity contribution in [1.82, 2.24) is 0 Å². The Balaban J connectivity index is 1.88. The minimum Gasteiger partial charge on any atom is -0.481 e. The lowest BCUT2D eigenvalue weighted by atomic mass is 9.84. The lowest BCUT2D eigenvalue weighted by Crippen LogP contribution is -2.26. The van der Waals surface area contributed by atoms with Gasteiger partial charge < -0.3 is 10.2 Å². The molecule has 0 aliphatic heterocycles. The molecule has 0 bridgehead atoms. The summed E-state index contributed by atoms with van der Waals surface area (Å²) >= 11 is 1.80. The fourth-order valence-electron chi connectivity index (χ4n) is 4.01. The van der Waals surface area contributed by atoms with Crippen molar-refractivity contribution in [1.29, 1.82) is 0 Å². The second kappa shape index (κ2) is 11.5. The highest BCUT2D eigenvalue weighted by molar-refractivity contribution is 8.00. The Hall–Kier alpha value is -3.05. The summed E-state index contributed by atoms with van der Waals surface area (Å²) in [4.78, 5) is 22.4. The van der Waals surface area contributed by atoms with Crippen LogP contribution in [-0.2, 0) is 14.3 Å². The van der Waals surface area contributed by atoms with Gasteiger partial charge in [0.25, 0.3) is 0 Å². The number of aliphatic carboxylic acids is 2. The molecule has 3 aromatic carbocycles. The Bertz CT molecular complexity index is 893. The molecule has 2 N–H and O–H groups in total. The maximum absolute atomic E-state index is 11.6. The minimum absolute atomic E-state index is 0.119. The van der Waals surface area contributed by atoms with E-state index in [9.17, 15) is 14.7 Å². The van der Waals surface area contributed by atoms with Crippen LogP contribution in [0.15, 0.2) is 91.0 Å². The van der Waals surface area contributed by atoms with Gasteiger partial charge in [0.05, 0.1) is 10.7 Å². The van der Waals surface area contributed by atoms with Crippen LogP contribution in [0, 0.1) is 5.92 Å². The molecule has 0 saturated heterocycles. The molecule has 0 saturated carbocycles. The molecule has 0 spiro atoms. The average molecular weight is 449 g/mol. The number of carbonyl (C=O) groups is 2. The normalized spacial score (nSPS) is 12.2. The van der Waals surface area contributed by atoms with Gasteiger partial charge in [-0.05, 0) is 41.7 Å². The predicted octanol–water partition coefficient (Wildman–Crippen LogP) is 6.06. The first-order valence-corrected chi connectivity index (χ1v) is 11.8. The van der Waals surface area contributed by atoms with Crippen LogP contribution in [0.5, 0.6) is 0 Å². The van der Waals surface area contributed by atoms with Gasteiger partial charge in [-0.1, -0.05) is 91.0 Å². The van der Waals surface area contributed by atoms with Crippen molar-refractivity contribution in [3.8, 4) is 0 Å². The smallest absolute Gasteiger partial charge is 0.306 e. The second-order valence-corrected chi connectivity index (χ2v) is 9.05. The average Bonchev–Trinajstić information content (AvgIpc) is 2.82. The highest BCUT2D eigenvalue weighted by Gasteiger charge is 2.36. The molecule has 0 aliphatic rings. The predicted molar refractivity (Wildman–Crippen MR) is 129 cm³/mol. The number of thioether (sulfide) groups is 1. The Kier molecular flexibility index (Phi) is 8.51. The van der Waals surface area contributed by atoms with Gasteiger partial charge in [0, 0.05) is 6.42 Å². The first-order chi connectivity index (χ1) is 15.5. The molecule has 0 heterocycles. The Labute approximate surface area is 193 Å². The van der Waals surface area contributed by atoms with Crippen molar-refractivity contribution in [2.24, 2.45) is 5.92 Å². The van der Waals surface area contributed by atoms with Gasteiger partial charge in [-0.2, -0.15) is 0 Å². The molecule has 1 unspecified atom stereocenters. The largest absolute Gasteiger partial charge is 0.481 e. The van der Waals surface area contributed by atoms with E-state index in [1.807, 2.05) is 54.6 Å². The summed E-state index contributed by atoms with van der Waals surface area (Å²) < 4.78 is -0.427. The minimum atomic E-state index is -0.957. The third-order valence-corrected chi connectivity index (χ3v) is 7.25. The number of rotatable bonds is 12. The molecule has 166 valence electrons. The number of hydrogen-bond acceptors (Lipinski definition) is 3. The van der Waals surface area contributed by atoms with Crippen molar-refractivity contribution in [2.45, 2.75) is 30.4 Å². The highest BCUT2D eigenvalue weighted by atomic mass is 32.2. The van der Waals surface area contributed by atoms with Gasteiger partial charge in [-0.3, -0.25) is 9.59 Å². The van der Waals surface area contributed by atoms with E-state index in [0.717, 1.165) is 5.75 Å². The van der Waals surface area contributed by atoms with Crippen LogP contribution >= 0.6 is 11.8 Å². The zero-order chi connectivity index (χ0) is 22.8. The Morgan fingerprint density at radius 2 is 1.16 bits per heavy atom. The van der Waals surface area contributed by atoms with Crippen LogP contribution < -0.4 is 0 Å². The van der Waals surface area contributed by atoms with Crippen molar-refractivity contribution in [3.05, 3.63) is 108 Å². The van der Waals surface area contributed by atoms with E-state index in [0.29, 0.717) is 12.8 Å². The van der Waals surface area contributed by atoms with Gasteiger partial charge >= 0.3 is 11.9 Å². The number of benzene rings is 3. The van der Waals surface area contributed by atoms with Crippen LogP contribution in [0.1, 0.15) is 42.4 Å². The summed E-state index contributed by atoms with van der Waals surface area (Å²) in [6.45, 7) is 0. The van der Waals surface area contributed by atoms with Gasteiger partial charge in [0.2, 0.25) is 0 Å². The summed E-state index contributed by atoms with van der Waals surface area (Å²) in [5.74, 6) is -1.76. The highest BCUT2D eigenvalue weighted by Crippen LogP contribution is 2.48. The SMILES string of the molecule is O=C(O)CCC(CCCSC(c1ccccc1)(c1ccccc1)c1ccccc1)C(=O)O. The second-order valence-electron chi connectivity index (χ2n) is 7.74. The maximum atomic E-state index is 11.6. The molecular formula is C27H28O4S. The summed E-state index contributed by atoms with van der Waals surface area (Å²) in [6, 6.07) is 31.1. The Morgan fingerprint density at radius 3 is 1.53 bits per heavy atom. The van der Waals surface area contributed by atoms with Gasteiger partial charge in [0.15, 0.2) is 0 Å². The van der Waals surface area contributed by atoms with Crippen molar-refractivity contribution < 1.29 is 19.8 Å². The third kappa shape index (κ3) is 5.80.